The molecule has 3 nitrogen and oxygen atoms in total. The molecule has 0 aliphatic rings. The highest BCUT2D eigenvalue weighted by molar-refractivity contribution is 6.28. The van der Waals surface area contributed by atoms with Crippen molar-refractivity contribution in [2.24, 2.45) is 0 Å². The number of hydrogen-bond donors (Lipinski definition) is 0. The Kier molecular flexibility index (Phi) is 4.27. The van der Waals surface area contributed by atoms with Crippen molar-refractivity contribution in [3.63, 3.8) is 0 Å². The SMILES string of the molecule is N#CCc1ccccc1CCc1ccnc(Cl)n1. The number of aryl methyl sites for hydroxylation is 2. The van der Waals surface area contributed by atoms with Crippen LogP contribution in [-0.2, 0) is 19.3 Å². The summed E-state index contributed by atoms with van der Waals surface area (Å²) in [7, 11) is 0. The minimum absolute atomic E-state index is 0.276. The zero-order valence-corrected chi connectivity index (χ0v) is 10.6. The van der Waals surface area contributed by atoms with Crippen molar-refractivity contribution in [1.82, 2.24) is 9.97 Å². The molecule has 0 aliphatic heterocycles. The van der Waals surface area contributed by atoms with E-state index in [2.05, 4.69) is 22.1 Å². The standard InChI is InChI=1S/C14H12ClN3/c15-14-17-10-8-13(18-14)6-5-11-3-1-2-4-12(11)7-9-16/h1-4,8,10H,5-7H2. The average molecular weight is 258 g/mol. The van der Waals surface area contributed by atoms with E-state index in [1.54, 1.807) is 6.20 Å². The van der Waals surface area contributed by atoms with E-state index in [9.17, 15) is 0 Å². The summed E-state index contributed by atoms with van der Waals surface area (Å²) in [6.45, 7) is 0. The maximum Gasteiger partial charge on any atom is 0.222 e. The molecule has 18 heavy (non-hydrogen) atoms. The van der Waals surface area contributed by atoms with Gasteiger partial charge in [-0.25, -0.2) is 9.97 Å². The van der Waals surface area contributed by atoms with Crippen LogP contribution >= 0.6 is 11.6 Å². The minimum atomic E-state index is 0.276. The predicted octanol–water partition coefficient (Wildman–Crippen LogP) is 2.98. The number of hydrogen-bond acceptors (Lipinski definition) is 3. The summed E-state index contributed by atoms with van der Waals surface area (Å²) in [6.07, 6.45) is 3.75. The highest BCUT2D eigenvalue weighted by atomic mass is 35.5. The lowest BCUT2D eigenvalue weighted by molar-refractivity contribution is 0.890. The van der Waals surface area contributed by atoms with Crippen LogP contribution in [0.2, 0.25) is 5.28 Å². The van der Waals surface area contributed by atoms with Gasteiger partial charge in [0.2, 0.25) is 5.28 Å². The van der Waals surface area contributed by atoms with E-state index in [-0.39, 0.29) is 5.28 Å². The lowest BCUT2D eigenvalue weighted by Gasteiger charge is -2.06. The van der Waals surface area contributed by atoms with Gasteiger partial charge in [-0.15, -0.1) is 0 Å². The van der Waals surface area contributed by atoms with E-state index in [1.165, 1.54) is 5.56 Å². The molecule has 0 amide bonds. The van der Waals surface area contributed by atoms with Gasteiger partial charge in [0, 0.05) is 11.9 Å². The van der Waals surface area contributed by atoms with Gasteiger partial charge in [0.1, 0.15) is 0 Å². The maximum absolute atomic E-state index is 8.78. The summed E-state index contributed by atoms with van der Waals surface area (Å²) in [5, 5.41) is 9.05. The van der Waals surface area contributed by atoms with Crippen LogP contribution in [0.1, 0.15) is 16.8 Å². The molecule has 0 spiro atoms. The molecule has 0 radical (unpaired) electrons. The van der Waals surface area contributed by atoms with Crippen molar-refractivity contribution in [3.8, 4) is 6.07 Å². The van der Waals surface area contributed by atoms with Gasteiger partial charge >= 0.3 is 0 Å². The molecule has 0 bridgehead atoms. The van der Waals surface area contributed by atoms with Crippen molar-refractivity contribution < 1.29 is 0 Å². The fourth-order valence-electron chi connectivity index (χ4n) is 1.83. The Morgan fingerprint density at radius 2 is 1.89 bits per heavy atom. The van der Waals surface area contributed by atoms with E-state index in [0.29, 0.717) is 6.42 Å². The second-order valence-corrected chi connectivity index (χ2v) is 4.26. The molecule has 1 heterocycles. The number of rotatable bonds is 4. The van der Waals surface area contributed by atoms with Crippen molar-refractivity contribution in [2.45, 2.75) is 19.3 Å². The van der Waals surface area contributed by atoms with Gasteiger partial charge in [-0.1, -0.05) is 24.3 Å². The Bertz CT molecular complexity index is 575. The van der Waals surface area contributed by atoms with Crippen LogP contribution in [0.15, 0.2) is 36.5 Å². The van der Waals surface area contributed by atoms with Gasteiger partial charge < -0.3 is 0 Å². The average Bonchev–Trinajstić information content (AvgIpc) is 2.38. The molecule has 0 N–H and O–H groups in total. The molecule has 0 atom stereocenters. The third kappa shape index (κ3) is 3.28. The number of aromatic nitrogens is 2. The lowest BCUT2D eigenvalue weighted by atomic mass is 10.00. The molecule has 2 aromatic rings. The molecule has 1 aromatic carbocycles. The predicted molar refractivity (Wildman–Crippen MR) is 70.2 cm³/mol. The van der Waals surface area contributed by atoms with Crippen LogP contribution in [0.4, 0.5) is 0 Å². The molecule has 0 aliphatic carbocycles. The second kappa shape index (κ2) is 6.13. The summed E-state index contributed by atoms with van der Waals surface area (Å²) in [6, 6.07) is 12.0. The van der Waals surface area contributed by atoms with Crippen molar-refractivity contribution in [1.29, 1.82) is 5.26 Å². The molecule has 90 valence electrons. The summed E-state index contributed by atoms with van der Waals surface area (Å²) >= 11 is 5.74. The smallest absolute Gasteiger partial charge is 0.222 e. The molecule has 4 heteroatoms. The summed E-state index contributed by atoms with van der Waals surface area (Å²) in [5.41, 5.74) is 3.19. The molecule has 0 saturated heterocycles. The quantitative estimate of drug-likeness (QED) is 0.791. The van der Waals surface area contributed by atoms with Gasteiger partial charge in [0.15, 0.2) is 0 Å². The first-order valence-corrected chi connectivity index (χ1v) is 6.08. The molecule has 0 saturated carbocycles. The van der Waals surface area contributed by atoms with Gasteiger partial charge in [0.05, 0.1) is 12.5 Å². The van der Waals surface area contributed by atoms with E-state index >= 15 is 0 Å². The molecule has 0 unspecified atom stereocenters. The first-order valence-electron chi connectivity index (χ1n) is 5.71. The van der Waals surface area contributed by atoms with Crippen LogP contribution in [0, 0.1) is 11.3 Å². The van der Waals surface area contributed by atoms with Gasteiger partial charge in [-0.3, -0.25) is 0 Å². The molecule has 0 fully saturated rings. The van der Waals surface area contributed by atoms with Crippen molar-refractivity contribution in [2.75, 3.05) is 0 Å². The first-order chi connectivity index (χ1) is 8.79. The van der Waals surface area contributed by atoms with Crippen LogP contribution in [-0.4, -0.2) is 9.97 Å². The van der Waals surface area contributed by atoms with E-state index < -0.39 is 0 Å². The Balaban J connectivity index is 2.09. The molecule has 2 rings (SSSR count). The Morgan fingerprint density at radius 3 is 2.61 bits per heavy atom. The minimum Gasteiger partial charge on any atom is -0.227 e. The highest BCUT2D eigenvalue weighted by Gasteiger charge is 2.03. The zero-order chi connectivity index (χ0) is 12.8. The third-order valence-electron chi connectivity index (χ3n) is 2.72. The number of nitrogens with zero attached hydrogens (tertiary/aromatic N) is 3. The number of benzene rings is 1. The maximum atomic E-state index is 8.78. The van der Waals surface area contributed by atoms with Crippen LogP contribution in [0.5, 0.6) is 0 Å². The number of halogens is 1. The largest absolute Gasteiger partial charge is 0.227 e. The Morgan fingerprint density at radius 1 is 1.11 bits per heavy atom. The first kappa shape index (κ1) is 12.5. The van der Waals surface area contributed by atoms with Crippen LogP contribution < -0.4 is 0 Å². The monoisotopic (exact) mass is 257 g/mol. The fraction of sp³-hybridized carbons (Fsp3) is 0.214. The highest BCUT2D eigenvalue weighted by Crippen LogP contribution is 2.12. The molecule has 1 aromatic heterocycles. The van der Waals surface area contributed by atoms with Crippen molar-refractivity contribution >= 4 is 11.6 Å². The lowest BCUT2D eigenvalue weighted by Crippen LogP contribution is -1.99. The Hall–Kier alpha value is -1.92. The number of nitriles is 1. The fourth-order valence-corrected chi connectivity index (χ4v) is 2.00. The second-order valence-electron chi connectivity index (χ2n) is 3.92. The molecular weight excluding hydrogens is 246 g/mol. The van der Waals surface area contributed by atoms with E-state index in [1.807, 2.05) is 24.3 Å². The van der Waals surface area contributed by atoms with Gasteiger partial charge in [0.25, 0.3) is 0 Å². The van der Waals surface area contributed by atoms with Crippen LogP contribution in [0.3, 0.4) is 0 Å². The molecular formula is C14H12ClN3. The van der Waals surface area contributed by atoms with Crippen LogP contribution in [0.25, 0.3) is 0 Å². The van der Waals surface area contributed by atoms with E-state index in [4.69, 9.17) is 16.9 Å². The zero-order valence-electron chi connectivity index (χ0n) is 9.81. The summed E-state index contributed by atoms with van der Waals surface area (Å²) in [4.78, 5) is 8.01. The topological polar surface area (TPSA) is 49.6 Å². The van der Waals surface area contributed by atoms with E-state index in [0.717, 1.165) is 24.1 Å². The summed E-state index contributed by atoms with van der Waals surface area (Å²) in [5.74, 6) is 0. The Labute approximate surface area is 111 Å². The third-order valence-corrected chi connectivity index (χ3v) is 2.90. The van der Waals surface area contributed by atoms with Crippen molar-refractivity contribution in [3.05, 3.63) is 58.6 Å². The summed E-state index contributed by atoms with van der Waals surface area (Å²) < 4.78 is 0. The van der Waals surface area contributed by atoms with Gasteiger partial charge in [-0.05, 0) is 41.6 Å². The van der Waals surface area contributed by atoms with Gasteiger partial charge in [-0.2, -0.15) is 5.26 Å². The normalized spacial score (nSPS) is 10.0.